The monoisotopic (exact) mass is 517 g/mol. The molecule has 2 N–H and O–H groups in total. The molecular formula is C38H47N. The smallest absolute Gasteiger partial charge is 0.0237 e. The van der Waals surface area contributed by atoms with Gasteiger partial charge in [-0.15, -0.1) is 0 Å². The molecule has 1 saturated carbocycles. The average Bonchev–Trinajstić information content (AvgIpc) is 3.50. The summed E-state index contributed by atoms with van der Waals surface area (Å²) in [6.45, 7) is 14.7. The molecule has 1 heteroatoms. The predicted octanol–water partition coefficient (Wildman–Crippen LogP) is 9.94. The molecule has 0 amide bonds. The number of rotatable bonds is 11. The van der Waals surface area contributed by atoms with Crippen molar-refractivity contribution < 1.29 is 0 Å². The lowest BCUT2D eigenvalue weighted by Crippen LogP contribution is -2.51. The SMILES string of the molecule is C=C(N)/C=C\C/C(C/C=C\CC(=C)C)=C(/C)C1C=CC=C1C1C=C(C)C2=C(CC=C2)C1(C1C=CC1)C1CCC1. The van der Waals surface area contributed by atoms with Crippen molar-refractivity contribution in [3.8, 4) is 0 Å². The molecule has 4 atom stereocenters. The Labute approximate surface area is 237 Å². The Morgan fingerprint density at radius 3 is 2.44 bits per heavy atom. The molecule has 0 aliphatic heterocycles. The van der Waals surface area contributed by atoms with Crippen molar-refractivity contribution in [1.82, 2.24) is 0 Å². The van der Waals surface area contributed by atoms with Gasteiger partial charge in [0.1, 0.15) is 0 Å². The van der Waals surface area contributed by atoms with E-state index in [0.717, 1.165) is 31.6 Å². The maximum absolute atomic E-state index is 5.87. The molecule has 0 aromatic rings. The first-order valence-electron chi connectivity index (χ1n) is 15.1. The number of hydrogen-bond acceptors (Lipinski definition) is 1. The molecule has 5 aliphatic rings. The van der Waals surface area contributed by atoms with Gasteiger partial charge in [-0.2, -0.15) is 0 Å². The van der Waals surface area contributed by atoms with Crippen LogP contribution in [0.4, 0.5) is 0 Å². The van der Waals surface area contributed by atoms with Crippen molar-refractivity contribution in [2.24, 2.45) is 34.8 Å². The topological polar surface area (TPSA) is 26.0 Å². The molecule has 5 aliphatic carbocycles. The van der Waals surface area contributed by atoms with Gasteiger partial charge in [-0.25, -0.2) is 0 Å². The molecular weight excluding hydrogens is 470 g/mol. The maximum Gasteiger partial charge on any atom is 0.0237 e. The molecule has 0 aromatic heterocycles. The van der Waals surface area contributed by atoms with E-state index in [0.29, 0.717) is 23.5 Å². The Balaban J connectivity index is 1.53. The lowest BCUT2D eigenvalue weighted by molar-refractivity contribution is 0.0340. The largest absolute Gasteiger partial charge is 0.399 e. The average molecular weight is 518 g/mol. The summed E-state index contributed by atoms with van der Waals surface area (Å²) in [5, 5.41) is 0. The van der Waals surface area contributed by atoms with E-state index >= 15 is 0 Å². The van der Waals surface area contributed by atoms with Gasteiger partial charge in [0.15, 0.2) is 0 Å². The molecule has 204 valence electrons. The van der Waals surface area contributed by atoms with Crippen LogP contribution in [-0.4, -0.2) is 0 Å². The molecule has 1 fully saturated rings. The quantitative estimate of drug-likeness (QED) is 0.214. The van der Waals surface area contributed by atoms with Crippen LogP contribution in [0.3, 0.4) is 0 Å². The van der Waals surface area contributed by atoms with Crippen LogP contribution in [-0.2, 0) is 0 Å². The summed E-state index contributed by atoms with van der Waals surface area (Å²) in [5.74, 6) is 2.22. The van der Waals surface area contributed by atoms with Crippen molar-refractivity contribution in [2.75, 3.05) is 0 Å². The summed E-state index contributed by atoms with van der Waals surface area (Å²) < 4.78 is 0. The molecule has 1 nitrogen and oxygen atoms in total. The first kappa shape index (κ1) is 27.5. The van der Waals surface area contributed by atoms with E-state index in [4.69, 9.17) is 5.73 Å². The number of hydrogen-bond donors (Lipinski definition) is 1. The van der Waals surface area contributed by atoms with Gasteiger partial charge in [0.25, 0.3) is 0 Å². The Morgan fingerprint density at radius 2 is 1.79 bits per heavy atom. The highest BCUT2D eigenvalue weighted by Crippen LogP contribution is 2.66. The van der Waals surface area contributed by atoms with Gasteiger partial charge in [-0.3, -0.25) is 0 Å². The van der Waals surface area contributed by atoms with Gasteiger partial charge in [0, 0.05) is 22.9 Å². The van der Waals surface area contributed by atoms with E-state index in [1.54, 1.807) is 16.7 Å². The van der Waals surface area contributed by atoms with Crippen LogP contribution in [0.5, 0.6) is 0 Å². The van der Waals surface area contributed by atoms with Crippen molar-refractivity contribution in [2.45, 2.75) is 72.1 Å². The normalized spacial score (nSPS) is 30.4. The second-order valence-electron chi connectivity index (χ2n) is 12.5. The van der Waals surface area contributed by atoms with E-state index in [9.17, 15) is 0 Å². The lowest BCUT2D eigenvalue weighted by Gasteiger charge is -2.58. The standard InChI is InChI=1S/C38H47N/c1-26(2)13-6-7-15-30(16-8-14-28(4)39)29(5)34-22-11-23-35(34)37-25-27(3)33-21-12-24-36(33)38(37,31-17-9-18-31)32-19-10-20-32/h6-9,11-12,14,17,21-23,25,31-32,34,37H,1,4,10,13,15-16,18-20,24,39H2,2-3,5H3/b7-6-,14-8-,30-29-. The summed E-state index contributed by atoms with van der Waals surface area (Å²) in [7, 11) is 0. The Kier molecular flexibility index (Phi) is 8.17. The predicted molar refractivity (Wildman–Crippen MR) is 169 cm³/mol. The van der Waals surface area contributed by atoms with Crippen molar-refractivity contribution in [1.29, 1.82) is 0 Å². The third-order valence-electron chi connectivity index (χ3n) is 9.99. The van der Waals surface area contributed by atoms with Crippen LogP contribution in [0.15, 0.2) is 131 Å². The zero-order chi connectivity index (χ0) is 27.6. The van der Waals surface area contributed by atoms with E-state index in [-0.39, 0.29) is 5.41 Å². The third kappa shape index (κ3) is 5.13. The van der Waals surface area contributed by atoms with Gasteiger partial charge < -0.3 is 5.73 Å². The molecule has 39 heavy (non-hydrogen) atoms. The van der Waals surface area contributed by atoms with Crippen molar-refractivity contribution >= 4 is 0 Å². The Morgan fingerprint density at radius 1 is 1.05 bits per heavy atom. The van der Waals surface area contributed by atoms with Crippen LogP contribution in [0, 0.1) is 29.1 Å². The van der Waals surface area contributed by atoms with Gasteiger partial charge in [-0.1, -0.05) is 114 Å². The van der Waals surface area contributed by atoms with Gasteiger partial charge in [-0.05, 0) is 94.8 Å². The van der Waals surface area contributed by atoms with E-state index in [1.807, 2.05) is 6.08 Å². The molecule has 0 radical (unpaired) electrons. The minimum atomic E-state index is 0.223. The second-order valence-corrected chi connectivity index (χ2v) is 12.5. The van der Waals surface area contributed by atoms with Crippen molar-refractivity contribution in [3.05, 3.63) is 131 Å². The van der Waals surface area contributed by atoms with E-state index in [1.165, 1.54) is 48.0 Å². The fourth-order valence-corrected chi connectivity index (χ4v) is 7.76. The molecule has 0 aromatic carbocycles. The maximum atomic E-state index is 5.87. The highest BCUT2D eigenvalue weighted by atomic mass is 14.6. The van der Waals surface area contributed by atoms with Crippen LogP contribution in [0.2, 0.25) is 0 Å². The summed E-state index contributed by atoms with van der Waals surface area (Å²) in [4.78, 5) is 0. The zero-order valence-corrected chi connectivity index (χ0v) is 24.4. The van der Waals surface area contributed by atoms with Crippen LogP contribution >= 0.6 is 0 Å². The van der Waals surface area contributed by atoms with Crippen LogP contribution in [0.1, 0.15) is 72.1 Å². The molecule has 4 unspecified atom stereocenters. The van der Waals surface area contributed by atoms with Crippen LogP contribution in [0.25, 0.3) is 0 Å². The minimum Gasteiger partial charge on any atom is -0.399 e. The summed E-state index contributed by atoms with van der Waals surface area (Å²) in [6.07, 6.45) is 37.7. The van der Waals surface area contributed by atoms with Gasteiger partial charge in [0.2, 0.25) is 0 Å². The molecule has 5 rings (SSSR count). The molecule has 0 saturated heterocycles. The summed E-state index contributed by atoms with van der Waals surface area (Å²) in [6, 6.07) is 0. The summed E-state index contributed by atoms with van der Waals surface area (Å²) in [5.41, 5.74) is 17.2. The second kappa shape index (κ2) is 11.6. The molecule has 0 heterocycles. The van der Waals surface area contributed by atoms with Gasteiger partial charge in [0.05, 0.1) is 0 Å². The Hall–Kier alpha value is -3.06. The van der Waals surface area contributed by atoms with Crippen molar-refractivity contribution in [3.63, 3.8) is 0 Å². The molecule has 0 bridgehead atoms. The fourth-order valence-electron chi connectivity index (χ4n) is 7.76. The first-order chi connectivity index (χ1) is 18.8. The first-order valence-corrected chi connectivity index (χ1v) is 15.1. The third-order valence-corrected chi connectivity index (χ3v) is 9.99. The fraction of sp³-hybridized carbons (Fsp3) is 0.421. The minimum absolute atomic E-state index is 0.223. The van der Waals surface area contributed by atoms with E-state index < -0.39 is 0 Å². The highest BCUT2D eigenvalue weighted by Gasteiger charge is 2.57. The zero-order valence-electron chi connectivity index (χ0n) is 24.4. The lowest BCUT2D eigenvalue weighted by atomic mass is 9.45. The number of allylic oxidation sites excluding steroid dienone is 19. The van der Waals surface area contributed by atoms with Gasteiger partial charge >= 0.3 is 0 Å². The van der Waals surface area contributed by atoms with Crippen LogP contribution < -0.4 is 5.73 Å². The highest BCUT2D eigenvalue weighted by molar-refractivity contribution is 5.58. The Bertz CT molecular complexity index is 1290. The molecule has 0 spiro atoms. The number of nitrogens with two attached hydrogens (primary N) is 1. The summed E-state index contributed by atoms with van der Waals surface area (Å²) >= 11 is 0. The van der Waals surface area contributed by atoms with E-state index in [2.05, 4.69) is 101 Å².